The molecule has 1 saturated carbocycles. The van der Waals surface area contributed by atoms with Gasteiger partial charge in [-0.2, -0.15) is 11.8 Å². The number of carbonyl (C=O) groups is 1. The summed E-state index contributed by atoms with van der Waals surface area (Å²) in [5, 5.41) is 0. The second kappa shape index (κ2) is 6.19. The first kappa shape index (κ1) is 11.8. The van der Waals surface area contributed by atoms with E-state index in [0.717, 1.165) is 5.75 Å². The molecule has 2 fully saturated rings. The van der Waals surface area contributed by atoms with Crippen LogP contribution in [0.5, 0.6) is 0 Å². The fraction of sp³-hybridized carbons (Fsp3) is 0.917. The van der Waals surface area contributed by atoms with Gasteiger partial charge in [-0.3, -0.25) is 4.79 Å². The molecular formula is C12H21OS2+. The minimum Gasteiger partial charge on any atom is -0.294 e. The van der Waals surface area contributed by atoms with Gasteiger partial charge in [-0.1, -0.05) is 19.3 Å². The molecule has 0 aromatic rings. The van der Waals surface area contributed by atoms with E-state index in [1.165, 1.54) is 55.1 Å². The van der Waals surface area contributed by atoms with Gasteiger partial charge in [0, 0.05) is 17.4 Å². The molecule has 1 aliphatic carbocycles. The van der Waals surface area contributed by atoms with Crippen molar-refractivity contribution in [2.45, 2.75) is 32.1 Å². The minimum absolute atomic E-state index is 0.445. The Hall–Kier alpha value is 0.370. The molecule has 3 heteroatoms. The standard InChI is InChI=1S/C12H21OS2/c13-12(11-4-2-1-3-5-11)10-15-8-6-14-7-9-15/h11H,1-10H2/q+1. The van der Waals surface area contributed by atoms with E-state index in [2.05, 4.69) is 11.8 Å². The number of carbonyl (C=O) groups excluding carboxylic acids is 1. The van der Waals surface area contributed by atoms with Crippen molar-refractivity contribution in [3.63, 3.8) is 0 Å². The summed E-state index contributed by atoms with van der Waals surface area (Å²) >= 11 is 2.06. The zero-order valence-electron chi connectivity index (χ0n) is 9.37. The summed E-state index contributed by atoms with van der Waals surface area (Å²) < 4.78 is 0. The lowest BCUT2D eigenvalue weighted by Gasteiger charge is -2.21. The lowest BCUT2D eigenvalue weighted by Crippen LogP contribution is -2.31. The third-order valence-electron chi connectivity index (χ3n) is 3.44. The molecule has 0 bridgehead atoms. The highest BCUT2D eigenvalue weighted by Gasteiger charge is 2.30. The summed E-state index contributed by atoms with van der Waals surface area (Å²) in [6.07, 6.45) is 6.31. The van der Waals surface area contributed by atoms with Gasteiger partial charge >= 0.3 is 0 Å². The average molecular weight is 245 g/mol. The molecule has 0 aromatic carbocycles. The topological polar surface area (TPSA) is 17.1 Å². The van der Waals surface area contributed by atoms with E-state index < -0.39 is 0 Å². The largest absolute Gasteiger partial charge is 0.294 e. The molecule has 1 heterocycles. The first-order valence-electron chi connectivity index (χ1n) is 6.11. The summed E-state index contributed by atoms with van der Waals surface area (Å²) in [5.41, 5.74) is 0. The van der Waals surface area contributed by atoms with Crippen LogP contribution in [0.4, 0.5) is 0 Å². The van der Waals surface area contributed by atoms with Crippen LogP contribution in [0.25, 0.3) is 0 Å². The van der Waals surface area contributed by atoms with Crippen molar-refractivity contribution in [3.8, 4) is 0 Å². The van der Waals surface area contributed by atoms with Crippen LogP contribution in [0.3, 0.4) is 0 Å². The third kappa shape index (κ3) is 3.70. The Morgan fingerprint density at radius 2 is 1.80 bits per heavy atom. The van der Waals surface area contributed by atoms with Crippen LogP contribution in [0.2, 0.25) is 0 Å². The van der Waals surface area contributed by atoms with Crippen molar-refractivity contribution >= 4 is 28.4 Å². The van der Waals surface area contributed by atoms with E-state index in [9.17, 15) is 4.79 Å². The quantitative estimate of drug-likeness (QED) is 0.711. The SMILES string of the molecule is O=C(C[S+]1CCSCC1)C1CCCCC1. The average Bonchev–Trinajstić information content (AvgIpc) is 2.31. The number of thioether (sulfide) groups is 1. The van der Waals surface area contributed by atoms with Gasteiger partial charge in [-0.05, 0) is 23.7 Å². The van der Waals surface area contributed by atoms with Crippen molar-refractivity contribution in [2.75, 3.05) is 28.8 Å². The summed E-state index contributed by atoms with van der Waals surface area (Å²) in [6, 6.07) is 0. The minimum atomic E-state index is 0.445. The smallest absolute Gasteiger partial charge is 0.184 e. The lowest BCUT2D eigenvalue weighted by atomic mass is 9.87. The van der Waals surface area contributed by atoms with Crippen molar-refractivity contribution in [3.05, 3.63) is 0 Å². The molecule has 0 unspecified atom stereocenters. The van der Waals surface area contributed by atoms with E-state index in [0.29, 0.717) is 22.6 Å². The summed E-state index contributed by atoms with van der Waals surface area (Å²) in [4.78, 5) is 12.1. The second-order valence-corrected chi connectivity index (χ2v) is 8.13. The van der Waals surface area contributed by atoms with Crippen LogP contribution >= 0.6 is 11.8 Å². The summed E-state index contributed by atoms with van der Waals surface area (Å²) in [7, 11) is 0.453. The molecule has 2 rings (SSSR count). The molecule has 0 atom stereocenters. The van der Waals surface area contributed by atoms with E-state index in [4.69, 9.17) is 0 Å². The number of Topliss-reactive ketones (excluding diaryl/α,β-unsaturated/α-hetero) is 1. The molecule has 1 nitrogen and oxygen atoms in total. The molecule has 0 aromatic heterocycles. The molecule has 2 aliphatic rings. The molecule has 1 saturated heterocycles. The molecule has 0 radical (unpaired) electrons. The van der Waals surface area contributed by atoms with Gasteiger partial charge in [0.1, 0.15) is 11.5 Å². The van der Waals surface area contributed by atoms with Gasteiger partial charge in [0.05, 0.1) is 0 Å². The van der Waals surface area contributed by atoms with E-state index in [1.807, 2.05) is 0 Å². The molecular weight excluding hydrogens is 224 g/mol. The van der Waals surface area contributed by atoms with E-state index in [1.54, 1.807) is 0 Å². The predicted octanol–water partition coefficient (Wildman–Crippen LogP) is 2.50. The summed E-state index contributed by atoms with van der Waals surface area (Å²) in [6.45, 7) is 0. The van der Waals surface area contributed by atoms with Crippen LogP contribution in [0, 0.1) is 5.92 Å². The Morgan fingerprint density at radius 1 is 1.13 bits per heavy atom. The van der Waals surface area contributed by atoms with Crippen LogP contribution in [0.15, 0.2) is 0 Å². The van der Waals surface area contributed by atoms with E-state index in [-0.39, 0.29) is 0 Å². The summed E-state index contributed by atoms with van der Waals surface area (Å²) in [5.74, 6) is 7.17. The molecule has 0 N–H and O–H groups in total. The maximum Gasteiger partial charge on any atom is 0.184 e. The number of ketones is 1. The predicted molar refractivity (Wildman–Crippen MR) is 70.9 cm³/mol. The maximum absolute atomic E-state index is 12.1. The van der Waals surface area contributed by atoms with Gasteiger partial charge < -0.3 is 0 Å². The molecule has 1 aliphatic heterocycles. The number of hydrogen-bond acceptors (Lipinski definition) is 2. The second-order valence-electron chi connectivity index (χ2n) is 4.58. The number of hydrogen-bond donors (Lipinski definition) is 0. The Labute approximate surface area is 100 Å². The highest BCUT2D eigenvalue weighted by molar-refractivity contribution is 8.05. The molecule has 0 spiro atoms. The van der Waals surface area contributed by atoms with Crippen molar-refractivity contribution in [1.82, 2.24) is 0 Å². The first-order chi connectivity index (χ1) is 7.36. The zero-order valence-corrected chi connectivity index (χ0v) is 11.0. The van der Waals surface area contributed by atoms with Crippen LogP contribution in [-0.2, 0) is 15.7 Å². The fourth-order valence-corrected chi connectivity index (χ4v) is 6.61. The third-order valence-corrected chi connectivity index (χ3v) is 7.20. The highest BCUT2D eigenvalue weighted by atomic mass is 32.2. The Morgan fingerprint density at radius 3 is 2.47 bits per heavy atom. The van der Waals surface area contributed by atoms with E-state index >= 15 is 0 Å². The number of rotatable bonds is 3. The maximum atomic E-state index is 12.1. The molecule has 15 heavy (non-hydrogen) atoms. The molecule has 86 valence electrons. The fourth-order valence-electron chi connectivity index (χ4n) is 2.45. The molecule has 0 amide bonds. The van der Waals surface area contributed by atoms with Gasteiger partial charge in [-0.15, -0.1) is 0 Å². The van der Waals surface area contributed by atoms with Crippen molar-refractivity contribution < 1.29 is 4.79 Å². The Balaban J connectivity index is 1.74. The van der Waals surface area contributed by atoms with Gasteiger partial charge in [0.15, 0.2) is 11.5 Å². The zero-order chi connectivity index (χ0) is 10.5. The van der Waals surface area contributed by atoms with Gasteiger partial charge in [-0.25, -0.2) is 0 Å². The van der Waals surface area contributed by atoms with Crippen molar-refractivity contribution in [2.24, 2.45) is 5.92 Å². The van der Waals surface area contributed by atoms with Gasteiger partial charge in [0.2, 0.25) is 0 Å². The van der Waals surface area contributed by atoms with Crippen LogP contribution < -0.4 is 0 Å². The van der Waals surface area contributed by atoms with Gasteiger partial charge in [0.25, 0.3) is 0 Å². The van der Waals surface area contributed by atoms with Crippen molar-refractivity contribution in [1.29, 1.82) is 0 Å². The Kier molecular flexibility index (Phi) is 4.89. The lowest BCUT2D eigenvalue weighted by molar-refractivity contribution is -0.121. The Bertz CT molecular complexity index is 206. The first-order valence-corrected chi connectivity index (χ1v) is 8.99. The highest BCUT2D eigenvalue weighted by Crippen LogP contribution is 2.25. The van der Waals surface area contributed by atoms with Crippen LogP contribution in [0.1, 0.15) is 32.1 Å². The monoisotopic (exact) mass is 245 g/mol. The normalized spacial score (nSPS) is 25.3. The van der Waals surface area contributed by atoms with Crippen LogP contribution in [-0.4, -0.2) is 34.5 Å².